The van der Waals surface area contributed by atoms with Gasteiger partial charge in [0.25, 0.3) is 17.7 Å². The van der Waals surface area contributed by atoms with Crippen LogP contribution in [0.4, 0.5) is 17.1 Å². The van der Waals surface area contributed by atoms with Crippen LogP contribution in [-0.4, -0.2) is 62.7 Å². The summed E-state index contributed by atoms with van der Waals surface area (Å²) in [6.45, 7) is 0.325. The summed E-state index contributed by atoms with van der Waals surface area (Å²) in [6, 6.07) is 0. The maximum absolute atomic E-state index is 10.7. The Morgan fingerprint density at radius 1 is 0.929 bits per heavy atom. The molecule has 3 aromatic rings. The fraction of sp³-hybridized carbons (Fsp3) is 0.182. The molecule has 0 radical (unpaired) electrons. The summed E-state index contributed by atoms with van der Waals surface area (Å²) in [7, 11) is 1.25. The summed E-state index contributed by atoms with van der Waals surface area (Å²) >= 11 is 3.01. The highest BCUT2D eigenvalue weighted by atomic mass is 79.9. The fourth-order valence-electron chi connectivity index (χ4n) is 2.30. The first kappa shape index (κ1) is 35.8. The van der Waals surface area contributed by atoms with Crippen LogP contribution >= 0.6 is 15.9 Å². The standard InChI is InChI=1S/C7H6N4O3.C7H8N4O.C4H4N4O3.C3H3Br.CH4/c1-2-3-10-4-5(11(13)14)6(9-10)7(8)12;1-2-3-11-4-5(8)6(10-11)7(9)12;5-4(9)3-2(8(10)11)1-6-7-3;1-2-3-4;/h1,4H,3H2,(H2,8,12);1,4H,3,8H2,(H2,9,12);1H,(H2,5,9)(H,6,7);1H,3H2;1H4/i;;;;1T. The van der Waals surface area contributed by atoms with Crippen LogP contribution in [0.5, 0.6) is 0 Å². The average Bonchev–Trinajstić information content (AvgIpc) is 3.70. The molecule has 0 fully saturated rings. The van der Waals surface area contributed by atoms with Crippen LogP contribution in [0.15, 0.2) is 18.6 Å². The van der Waals surface area contributed by atoms with E-state index in [1.807, 2.05) is 0 Å². The Balaban J connectivity index is 0. The van der Waals surface area contributed by atoms with E-state index in [0.717, 1.165) is 17.1 Å². The molecule has 0 aliphatic carbocycles. The number of halogens is 1. The molecule has 0 unspecified atom stereocenters. The maximum atomic E-state index is 10.7. The number of hydrogen-bond donors (Lipinski definition) is 5. The van der Waals surface area contributed by atoms with Gasteiger partial charge in [0.2, 0.25) is 11.4 Å². The lowest BCUT2D eigenvalue weighted by molar-refractivity contribution is -0.385. The molecular weight excluding hydrogens is 624 g/mol. The Kier molecular flexibility index (Phi) is 16.2. The molecule has 0 atom stereocenters. The Bertz CT molecular complexity index is 1480. The molecule has 0 aromatic carbocycles. The number of carbonyl (C=O) groups excluding carboxylic acids is 3. The summed E-state index contributed by atoms with van der Waals surface area (Å²) < 4.78 is 8.24. The smallest absolute Gasteiger partial charge is 0.320 e. The van der Waals surface area contributed by atoms with E-state index in [-0.39, 0.29) is 35.9 Å². The molecule has 3 heterocycles. The van der Waals surface area contributed by atoms with Gasteiger partial charge in [-0.25, -0.2) is 0 Å². The van der Waals surface area contributed by atoms with Gasteiger partial charge in [0.1, 0.15) is 25.5 Å². The quantitative estimate of drug-likeness (QED) is 0.0963. The third kappa shape index (κ3) is 12.1. The minimum atomic E-state index is -0.951. The van der Waals surface area contributed by atoms with Crippen molar-refractivity contribution in [3.63, 3.8) is 0 Å². The molecule has 3 aromatic heterocycles. The number of carbonyl (C=O) groups is 3. The van der Waals surface area contributed by atoms with E-state index >= 15 is 0 Å². The normalized spacial score (nSPS) is 8.88. The van der Waals surface area contributed by atoms with Crippen molar-refractivity contribution in [2.75, 3.05) is 11.1 Å². The van der Waals surface area contributed by atoms with E-state index in [1.165, 1.54) is 18.3 Å². The number of hydrogen-bond acceptors (Lipinski definition) is 11. The lowest BCUT2D eigenvalue weighted by Crippen LogP contribution is -2.14. The van der Waals surface area contributed by atoms with Gasteiger partial charge in [0.15, 0.2) is 5.69 Å². The lowest BCUT2D eigenvalue weighted by atomic mass is 10.4. The number of nitrogens with two attached hydrogens (primary N) is 4. The number of H-pyrrole nitrogens is 1. The number of terminal acetylenes is 3. The summed E-state index contributed by atoms with van der Waals surface area (Å²) in [5.74, 6) is 4.44. The Morgan fingerprint density at radius 3 is 1.69 bits per heavy atom. The number of nitrogens with one attached hydrogen (secondary N) is 1. The van der Waals surface area contributed by atoms with Gasteiger partial charge in [-0.2, -0.15) is 15.3 Å². The molecule has 0 aliphatic rings. The average molecular weight is 651 g/mol. The highest BCUT2D eigenvalue weighted by Gasteiger charge is 2.23. The molecular formula is C22H25BrN12O7. The molecule has 42 heavy (non-hydrogen) atoms. The summed E-state index contributed by atoms with van der Waals surface area (Å²) in [5, 5.41) is 34.0. The first-order valence-corrected chi connectivity index (χ1v) is 11.4. The molecule has 19 nitrogen and oxygen atoms in total. The number of rotatable bonds is 7. The van der Waals surface area contributed by atoms with Gasteiger partial charge in [0, 0.05) is 7.57 Å². The van der Waals surface area contributed by atoms with Crippen LogP contribution in [0, 0.1) is 57.3 Å². The van der Waals surface area contributed by atoms with Gasteiger partial charge in [-0.05, 0) is 0 Å². The van der Waals surface area contributed by atoms with Crippen molar-refractivity contribution in [1.29, 1.82) is 0 Å². The molecule has 0 saturated carbocycles. The zero-order chi connectivity index (χ0) is 33.7. The second kappa shape index (κ2) is 19.0. The van der Waals surface area contributed by atoms with Crippen molar-refractivity contribution in [2.24, 2.45) is 17.2 Å². The molecule has 20 heteroatoms. The zero-order valence-electron chi connectivity index (χ0n) is 22.8. The van der Waals surface area contributed by atoms with E-state index in [2.05, 4.69) is 54.1 Å². The van der Waals surface area contributed by atoms with Crippen LogP contribution in [0.2, 0.25) is 0 Å². The van der Waals surface area contributed by atoms with Gasteiger partial charge in [-0.15, -0.1) is 19.3 Å². The number of aromatic amines is 1. The van der Waals surface area contributed by atoms with Crippen molar-refractivity contribution >= 4 is 50.7 Å². The molecule has 3 rings (SSSR count). The van der Waals surface area contributed by atoms with Crippen molar-refractivity contribution in [2.45, 2.75) is 20.5 Å². The topological polar surface area (TPSA) is 306 Å². The van der Waals surface area contributed by atoms with E-state index in [0.29, 0.717) is 5.33 Å². The van der Waals surface area contributed by atoms with E-state index < -0.39 is 38.9 Å². The Morgan fingerprint density at radius 2 is 1.38 bits per heavy atom. The minimum absolute atomic E-state index is 0.0497. The van der Waals surface area contributed by atoms with Crippen molar-refractivity contribution in [1.82, 2.24) is 29.8 Å². The molecule has 0 bridgehead atoms. The predicted molar refractivity (Wildman–Crippen MR) is 153 cm³/mol. The number of anilines is 1. The third-order valence-corrected chi connectivity index (χ3v) is 4.17. The second-order valence-corrected chi connectivity index (χ2v) is 7.24. The van der Waals surface area contributed by atoms with Gasteiger partial charge in [-0.1, -0.05) is 41.1 Å². The number of amides is 3. The minimum Gasteiger partial charge on any atom is -0.396 e. The monoisotopic (exact) mass is 650 g/mol. The lowest BCUT2D eigenvalue weighted by Gasteiger charge is -1.89. The van der Waals surface area contributed by atoms with E-state index in [9.17, 15) is 34.6 Å². The molecule has 0 aliphatic heterocycles. The van der Waals surface area contributed by atoms with Crippen LogP contribution in [-0.2, 0) is 13.1 Å². The molecule has 9 N–H and O–H groups in total. The van der Waals surface area contributed by atoms with Crippen LogP contribution < -0.4 is 22.9 Å². The molecule has 0 spiro atoms. The molecule has 0 saturated heterocycles. The third-order valence-electron chi connectivity index (χ3n) is 3.84. The number of nitro groups is 2. The highest BCUT2D eigenvalue weighted by molar-refractivity contribution is 9.09. The zero-order valence-corrected chi connectivity index (χ0v) is 23.3. The number of primary amides is 3. The van der Waals surface area contributed by atoms with Crippen molar-refractivity contribution in [3.05, 3.63) is 55.9 Å². The summed E-state index contributed by atoms with van der Waals surface area (Å²) in [4.78, 5) is 50.9. The van der Waals surface area contributed by atoms with Crippen molar-refractivity contribution < 1.29 is 25.6 Å². The van der Waals surface area contributed by atoms with Gasteiger partial charge in [0.05, 0.1) is 20.9 Å². The number of aromatic nitrogens is 6. The number of nitrogens with zero attached hydrogens (tertiary/aromatic N) is 7. The number of nitrogen functional groups attached to an aromatic ring is 1. The van der Waals surface area contributed by atoms with E-state index in [1.54, 1.807) is 0 Å². The maximum Gasteiger partial charge on any atom is 0.320 e. The van der Waals surface area contributed by atoms with Crippen LogP contribution in [0.1, 0.15) is 40.2 Å². The highest BCUT2D eigenvalue weighted by Crippen LogP contribution is 2.15. The molecule has 222 valence electrons. The van der Waals surface area contributed by atoms with Gasteiger partial charge < -0.3 is 22.9 Å². The first-order chi connectivity index (χ1) is 20.2. The van der Waals surface area contributed by atoms with Gasteiger partial charge in [-0.3, -0.25) is 49.1 Å². The summed E-state index contributed by atoms with van der Waals surface area (Å²) in [6.07, 6.45) is 18.2. The predicted octanol–water partition coefficient (Wildman–Crippen LogP) is -0.212. The largest absolute Gasteiger partial charge is 0.396 e. The van der Waals surface area contributed by atoms with Gasteiger partial charge >= 0.3 is 11.4 Å². The molecule has 3 amide bonds. The Hall–Kier alpha value is -6.20. The second-order valence-electron chi connectivity index (χ2n) is 6.67. The number of alkyl halides is 1. The van der Waals surface area contributed by atoms with Crippen LogP contribution in [0.3, 0.4) is 0 Å². The Labute approximate surface area is 247 Å². The fourth-order valence-corrected chi connectivity index (χ4v) is 2.30. The SMILES string of the molecule is C#CCBr.C#CCn1cc(N)c(C(N)=O)n1.C#CCn1cc([N+](=O)[O-])c(C(N)=O)n1.NC(=O)c1[nH]ncc1[N+](=O)[O-].[3H]C. The van der Waals surface area contributed by atoms with E-state index in [4.69, 9.17) is 43.6 Å². The first-order valence-electron chi connectivity index (χ1n) is 11.2. The van der Waals surface area contributed by atoms with Crippen molar-refractivity contribution in [3.8, 4) is 37.0 Å². The summed E-state index contributed by atoms with van der Waals surface area (Å²) in [5.41, 5.74) is 18.9. The van der Waals surface area contributed by atoms with Crippen LogP contribution in [0.25, 0.3) is 0 Å².